The van der Waals surface area contributed by atoms with Crippen LogP contribution in [0.4, 0.5) is 5.69 Å². The third kappa shape index (κ3) is 4.41. The molecule has 0 aliphatic carbocycles. The highest BCUT2D eigenvalue weighted by atomic mass is 16.1. The quantitative estimate of drug-likeness (QED) is 0.437. The molecule has 1 saturated heterocycles. The molecule has 1 aliphatic heterocycles. The van der Waals surface area contributed by atoms with E-state index in [4.69, 9.17) is 4.98 Å². The minimum Gasteiger partial charge on any atom is -0.369 e. The number of pyridine rings is 1. The highest BCUT2D eigenvalue weighted by Crippen LogP contribution is 2.36. The number of Topliss-reactive ketones (excluding diaryl/α,β-unsaturated/α-hetero) is 1. The number of aromatic nitrogens is 4. The first-order valence-corrected chi connectivity index (χ1v) is 11.6. The molecule has 1 fully saturated rings. The van der Waals surface area contributed by atoms with Gasteiger partial charge in [-0.1, -0.05) is 13.8 Å². The van der Waals surface area contributed by atoms with Gasteiger partial charge >= 0.3 is 0 Å². The van der Waals surface area contributed by atoms with Crippen molar-refractivity contribution < 1.29 is 4.79 Å². The van der Waals surface area contributed by atoms with Crippen LogP contribution in [0.15, 0.2) is 42.7 Å². The summed E-state index contributed by atoms with van der Waals surface area (Å²) in [5.74, 6) is 0.758. The molecular weight excluding hydrogens is 412 g/mol. The van der Waals surface area contributed by atoms with E-state index in [9.17, 15) is 4.79 Å². The number of aryl methyl sites for hydroxylation is 1. The minimum atomic E-state index is 0.0280. The second-order valence-corrected chi connectivity index (χ2v) is 8.24. The largest absolute Gasteiger partial charge is 0.369 e. The maximum atomic E-state index is 12.4. The van der Waals surface area contributed by atoms with Crippen LogP contribution in [0.5, 0.6) is 0 Å². The Balaban J connectivity index is 0.00000126. The Kier molecular flexibility index (Phi) is 6.60. The first-order chi connectivity index (χ1) is 16.0. The summed E-state index contributed by atoms with van der Waals surface area (Å²) in [5, 5.41) is 0. The van der Waals surface area contributed by atoms with E-state index in [0.29, 0.717) is 5.56 Å². The van der Waals surface area contributed by atoms with Crippen LogP contribution in [0.25, 0.3) is 33.7 Å². The van der Waals surface area contributed by atoms with Crippen molar-refractivity contribution in [1.29, 1.82) is 0 Å². The lowest BCUT2D eigenvalue weighted by molar-refractivity contribution is 0.101. The molecule has 1 aromatic carbocycles. The van der Waals surface area contributed by atoms with Crippen LogP contribution >= 0.6 is 0 Å². The number of carbonyl (C=O) groups excluding carboxylic acids is 1. The van der Waals surface area contributed by atoms with Crippen molar-refractivity contribution in [1.82, 2.24) is 24.8 Å². The van der Waals surface area contributed by atoms with E-state index in [1.165, 1.54) is 5.69 Å². The molecule has 0 radical (unpaired) electrons. The number of anilines is 1. The molecule has 7 nitrogen and oxygen atoms in total. The predicted molar refractivity (Wildman–Crippen MR) is 135 cm³/mol. The third-order valence-electron chi connectivity index (χ3n) is 6.08. The Labute approximate surface area is 194 Å². The number of likely N-dealkylation sites (N-methyl/N-ethyl adjacent to an activating group) is 1. The first-order valence-electron chi connectivity index (χ1n) is 11.6. The fraction of sp³-hybridized carbons (Fsp3) is 0.346. The number of hydrogen-bond donors (Lipinski definition) is 2. The van der Waals surface area contributed by atoms with Gasteiger partial charge in [0.25, 0.3) is 0 Å². The van der Waals surface area contributed by atoms with Crippen molar-refractivity contribution in [3.05, 3.63) is 54.0 Å². The zero-order chi connectivity index (χ0) is 23.5. The zero-order valence-corrected chi connectivity index (χ0v) is 20.1. The molecule has 0 amide bonds. The fourth-order valence-corrected chi connectivity index (χ4v) is 4.43. The number of ketones is 1. The molecule has 2 N–H and O–H groups in total. The standard InChI is InChI=1S/C24H26N6O.C2H6/c1-15-21(16(2)31)22(17-6-8-25-9-7-17)23(26-15)24-27-19-5-4-18(14-20(19)28-24)30-12-10-29(3)11-13-30;1-2/h4-9,14,26H,10-13H2,1-3H3,(H,27,28);1-2H3. The molecule has 5 rings (SSSR count). The molecule has 7 heteroatoms. The summed E-state index contributed by atoms with van der Waals surface area (Å²) >= 11 is 0. The van der Waals surface area contributed by atoms with E-state index in [1.807, 2.05) is 32.9 Å². The predicted octanol–water partition coefficient (Wildman–Crippen LogP) is 4.91. The van der Waals surface area contributed by atoms with Gasteiger partial charge in [-0.25, -0.2) is 4.98 Å². The van der Waals surface area contributed by atoms with E-state index < -0.39 is 0 Å². The normalized spacial score (nSPS) is 14.3. The van der Waals surface area contributed by atoms with Crippen LogP contribution in [-0.4, -0.2) is 63.8 Å². The molecule has 4 heterocycles. The maximum Gasteiger partial charge on any atom is 0.162 e. The molecule has 0 bridgehead atoms. The van der Waals surface area contributed by atoms with Gasteiger partial charge in [0.05, 0.1) is 16.7 Å². The topological polar surface area (TPSA) is 80.9 Å². The number of imidazole rings is 1. The van der Waals surface area contributed by atoms with Crippen molar-refractivity contribution in [2.75, 3.05) is 38.1 Å². The summed E-state index contributed by atoms with van der Waals surface area (Å²) in [7, 11) is 2.16. The third-order valence-corrected chi connectivity index (χ3v) is 6.08. The van der Waals surface area contributed by atoms with Crippen LogP contribution in [0.1, 0.15) is 36.8 Å². The summed E-state index contributed by atoms with van der Waals surface area (Å²) in [6.45, 7) is 11.7. The molecule has 172 valence electrons. The molecule has 1 aliphatic rings. The number of benzene rings is 1. The first kappa shape index (κ1) is 22.7. The van der Waals surface area contributed by atoms with Gasteiger partial charge in [0.15, 0.2) is 11.6 Å². The molecular formula is C26H32N6O. The van der Waals surface area contributed by atoms with Crippen LogP contribution in [0.2, 0.25) is 0 Å². The number of hydrogen-bond acceptors (Lipinski definition) is 5. The number of H-pyrrole nitrogens is 2. The molecule has 33 heavy (non-hydrogen) atoms. The van der Waals surface area contributed by atoms with E-state index >= 15 is 0 Å². The van der Waals surface area contributed by atoms with Crippen molar-refractivity contribution in [3.63, 3.8) is 0 Å². The zero-order valence-electron chi connectivity index (χ0n) is 20.1. The lowest BCUT2D eigenvalue weighted by atomic mass is 9.98. The monoisotopic (exact) mass is 444 g/mol. The van der Waals surface area contributed by atoms with Gasteiger partial charge in [0, 0.05) is 61.1 Å². The second-order valence-electron chi connectivity index (χ2n) is 8.24. The Bertz CT molecular complexity index is 1250. The van der Waals surface area contributed by atoms with Gasteiger partial charge in [-0.15, -0.1) is 0 Å². The van der Waals surface area contributed by atoms with Crippen molar-refractivity contribution in [2.45, 2.75) is 27.7 Å². The van der Waals surface area contributed by atoms with Crippen LogP contribution < -0.4 is 4.90 Å². The van der Waals surface area contributed by atoms with E-state index in [-0.39, 0.29) is 5.78 Å². The van der Waals surface area contributed by atoms with Gasteiger partial charge in [0.1, 0.15) is 0 Å². The number of fused-ring (bicyclic) bond motifs is 1. The SMILES string of the molecule is CC.CC(=O)c1c(C)[nH]c(-c2nc3ccc(N4CCN(C)CC4)cc3[nH]2)c1-c1ccncc1. The molecule has 0 spiro atoms. The summed E-state index contributed by atoms with van der Waals surface area (Å²) in [4.78, 5) is 33.1. The molecule has 3 aromatic heterocycles. The number of rotatable bonds is 4. The van der Waals surface area contributed by atoms with Gasteiger partial charge in [-0.3, -0.25) is 9.78 Å². The van der Waals surface area contributed by atoms with Crippen LogP contribution in [0.3, 0.4) is 0 Å². The molecule has 0 atom stereocenters. The number of aromatic amines is 2. The Morgan fingerprint density at radius 1 is 1.00 bits per heavy atom. The van der Waals surface area contributed by atoms with Crippen molar-refractivity contribution in [3.8, 4) is 22.6 Å². The van der Waals surface area contributed by atoms with Crippen molar-refractivity contribution >= 4 is 22.5 Å². The number of carbonyl (C=O) groups is 1. The number of piperazine rings is 1. The van der Waals surface area contributed by atoms with E-state index in [0.717, 1.165) is 65.6 Å². The Morgan fingerprint density at radius 2 is 1.70 bits per heavy atom. The van der Waals surface area contributed by atoms with Crippen LogP contribution in [0, 0.1) is 6.92 Å². The molecule has 0 saturated carbocycles. The summed E-state index contributed by atoms with van der Waals surface area (Å²) in [6.07, 6.45) is 3.48. The van der Waals surface area contributed by atoms with E-state index in [2.05, 4.69) is 50.0 Å². The second kappa shape index (κ2) is 9.58. The minimum absolute atomic E-state index is 0.0280. The number of nitrogens with zero attached hydrogens (tertiary/aromatic N) is 4. The van der Waals surface area contributed by atoms with Gasteiger partial charge in [0.2, 0.25) is 0 Å². The highest BCUT2D eigenvalue weighted by molar-refractivity contribution is 6.05. The van der Waals surface area contributed by atoms with Gasteiger partial charge < -0.3 is 19.8 Å². The maximum absolute atomic E-state index is 12.4. The lowest BCUT2D eigenvalue weighted by Gasteiger charge is -2.34. The van der Waals surface area contributed by atoms with Gasteiger partial charge in [-0.2, -0.15) is 0 Å². The van der Waals surface area contributed by atoms with Gasteiger partial charge in [-0.05, 0) is 56.8 Å². The average molecular weight is 445 g/mol. The molecule has 0 unspecified atom stereocenters. The highest BCUT2D eigenvalue weighted by Gasteiger charge is 2.23. The smallest absolute Gasteiger partial charge is 0.162 e. The summed E-state index contributed by atoms with van der Waals surface area (Å²) in [5.41, 5.74) is 7.27. The molecule has 4 aromatic rings. The summed E-state index contributed by atoms with van der Waals surface area (Å²) < 4.78 is 0. The Hall–Kier alpha value is -3.45. The van der Waals surface area contributed by atoms with Crippen LogP contribution in [-0.2, 0) is 0 Å². The van der Waals surface area contributed by atoms with E-state index in [1.54, 1.807) is 19.3 Å². The lowest BCUT2D eigenvalue weighted by Crippen LogP contribution is -2.44. The Morgan fingerprint density at radius 3 is 2.36 bits per heavy atom. The fourth-order valence-electron chi connectivity index (χ4n) is 4.43. The summed E-state index contributed by atoms with van der Waals surface area (Å²) in [6, 6.07) is 10.2. The number of nitrogens with one attached hydrogen (secondary N) is 2. The average Bonchev–Trinajstić information content (AvgIpc) is 3.41. The van der Waals surface area contributed by atoms with Crippen molar-refractivity contribution in [2.24, 2.45) is 0 Å².